The Morgan fingerprint density at radius 3 is 2.82 bits per heavy atom. The minimum absolute atomic E-state index is 0.289. The monoisotopic (exact) mass is 251 g/mol. The maximum absolute atomic E-state index is 11.1. The van der Waals surface area contributed by atoms with E-state index < -0.39 is 0 Å². The lowest BCUT2D eigenvalue weighted by Crippen LogP contribution is -2.40. The predicted molar refractivity (Wildman–Crippen MR) is 72.1 cm³/mol. The summed E-state index contributed by atoms with van der Waals surface area (Å²) in [5, 5.41) is 0.673. The van der Waals surface area contributed by atoms with E-state index in [1.165, 1.54) is 6.42 Å². The number of rotatable bonds is 2. The molecule has 2 rings (SSSR count). The fourth-order valence-corrected chi connectivity index (χ4v) is 2.88. The number of nitrogens with zero attached hydrogens (tertiary/aromatic N) is 1. The highest BCUT2D eigenvalue weighted by Crippen LogP contribution is 2.36. The Hall–Kier alpha value is -1.02. The molecule has 0 atom stereocenters. The lowest BCUT2D eigenvalue weighted by Gasteiger charge is -2.40. The summed E-state index contributed by atoms with van der Waals surface area (Å²) < 4.78 is 0. The number of para-hydroxylation sites is 1. The summed E-state index contributed by atoms with van der Waals surface area (Å²) in [5.41, 5.74) is 1.88. The highest BCUT2D eigenvalue weighted by Gasteiger charge is 2.28. The molecule has 1 saturated heterocycles. The summed E-state index contributed by atoms with van der Waals surface area (Å²) in [4.78, 5) is 13.3. The molecule has 1 aromatic rings. The number of anilines is 1. The van der Waals surface area contributed by atoms with E-state index >= 15 is 0 Å². The summed E-state index contributed by atoms with van der Waals surface area (Å²) >= 11 is 6.23. The van der Waals surface area contributed by atoms with Gasteiger partial charge in [-0.05, 0) is 30.4 Å². The maximum atomic E-state index is 11.1. The minimum Gasteiger partial charge on any atom is -0.369 e. The zero-order chi connectivity index (χ0) is 12.5. The third-order valence-electron chi connectivity index (χ3n) is 3.36. The van der Waals surface area contributed by atoms with Gasteiger partial charge in [0, 0.05) is 18.7 Å². The van der Waals surface area contributed by atoms with Crippen LogP contribution in [0.4, 0.5) is 5.69 Å². The molecule has 3 heteroatoms. The molecule has 1 aromatic carbocycles. The quantitative estimate of drug-likeness (QED) is 0.746. The van der Waals surface area contributed by atoms with Crippen LogP contribution in [0, 0.1) is 5.41 Å². The lowest BCUT2D eigenvalue weighted by molar-refractivity contribution is 0.112. The van der Waals surface area contributed by atoms with Gasteiger partial charge in [0.25, 0.3) is 0 Å². The first-order valence-corrected chi connectivity index (χ1v) is 6.40. The molecule has 1 fully saturated rings. The number of halogens is 1. The Morgan fingerprint density at radius 2 is 2.18 bits per heavy atom. The van der Waals surface area contributed by atoms with Gasteiger partial charge in [-0.15, -0.1) is 0 Å². The molecular weight excluding hydrogens is 234 g/mol. The summed E-state index contributed by atoms with van der Waals surface area (Å²) in [6.45, 7) is 6.46. The molecule has 0 amide bonds. The van der Waals surface area contributed by atoms with Gasteiger partial charge < -0.3 is 4.90 Å². The first-order valence-electron chi connectivity index (χ1n) is 6.02. The second kappa shape index (κ2) is 4.69. The van der Waals surface area contributed by atoms with Crippen molar-refractivity contribution in [3.8, 4) is 0 Å². The van der Waals surface area contributed by atoms with Crippen LogP contribution >= 0.6 is 11.6 Å². The van der Waals surface area contributed by atoms with Crippen molar-refractivity contribution >= 4 is 23.6 Å². The molecule has 1 aliphatic rings. The van der Waals surface area contributed by atoms with Crippen LogP contribution in [0.5, 0.6) is 0 Å². The van der Waals surface area contributed by atoms with Crippen LogP contribution in [0.3, 0.4) is 0 Å². The Kier molecular flexibility index (Phi) is 3.43. The standard InChI is InChI=1S/C14H18ClNO/c1-14(2)7-4-8-16(10-14)13-11(9-17)5-3-6-12(13)15/h3,5-6,9H,4,7-8,10H2,1-2H3. The molecular formula is C14H18ClNO. The predicted octanol–water partition coefficient (Wildman–Crippen LogP) is 3.78. The molecule has 0 radical (unpaired) electrons. The van der Waals surface area contributed by atoms with Crippen LogP contribution in [0.15, 0.2) is 18.2 Å². The number of piperidine rings is 1. The van der Waals surface area contributed by atoms with Gasteiger partial charge in [0.1, 0.15) is 0 Å². The largest absolute Gasteiger partial charge is 0.369 e. The topological polar surface area (TPSA) is 20.3 Å². The highest BCUT2D eigenvalue weighted by molar-refractivity contribution is 6.33. The SMILES string of the molecule is CC1(C)CCCN(c2c(Cl)cccc2C=O)C1. The fraction of sp³-hybridized carbons (Fsp3) is 0.500. The van der Waals surface area contributed by atoms with Crippen molar-refractivity contribution in [2.24, 2.45) is 5.41 Å². The molecule has 2 nitrogen and oxygen atoms in total. The van der Waals surface area contributed by atoms with E-state index in [9.17, 15) is 4.79 Å². The van der Waals surface area contributed by atoms with Crippen LogP contribution in [-0.4, -0.2) is 19.4 Å². The fourth-order valence-electron chi connectivity index (χ4n) is 2.57. The van der Waals surface area contributed by atoms with Crippen molar-refractivity contribution in [3.05, 3.63) is 28.8 Å². The van der Waals surface area contributed by atoms with Crippen molar-refractivity contribution in [2.75, 3.05) is 18.0 Å². The first-order chi connectivity index (χ1) is 8.03. The molecule has 0 N–H and O–H groups in total. The van der Waals surface area contributed by atoms with Crippen molar-refractivity contribution in [1.82, 2.24) is 0 Å². The Morgan fingerprint density at radius 1 is 1.41 bits per heavy atom. The average Bonchev–Trinajstić information content (AvgIpc) is 2.27. The van der Waals surface area contributed by atoms with Crippen LogP contribution < -0.4 is 4.90 Å². The number of hydrogen-bond donors (Lipinski definition) is 0. The zero-order valence-corrected chi connectivity index (χ0v) is 11.1. The van der Waals surface area contributed by atoms with Gasteiger partial charge in [-0.2, -0.15) is 0 Å². The Bertz CT molecular complexity index is 428. The molecule has 92 valence electrons. The summed E-state index contributed by atoms with van der Waals surface area (Å²) in [6.07, 6.45) is 3.27. The number of carbonyl (C=O) groups excluding carboxylic acids is 1. The highest BCUT2D eigenvalue weighted by atomic mass is 35.5. The van der Waals surface area contributed by atoms with E-state index in [4.69, 9.17) is 11.6 Å². The molecule has 0 aliphatic carbocycles. The number of hydrogen-bond acceptors (Lipinski definition) is 2. The number of benzene rings is 1. The van der Waals surface area contributed by atoms with Crippen LogP contribution in [-0.2, 0) is 0 Å². The first kappa shape index (κ1) is 12.4. The normalized spacial score (nSPS) is 19.1. The third-order valence-corrected chi connectivity index (χ3v) is 3.67. The van der Waals surface area contributed by atoms with Gasteiger partial charge in [-0.3, -0.25) is 4.79 Å². The van der Waals surface area contributed by atoms with Crippen molar-refractivity contribution in [1.29, 1.82) is 0 Å². The second-order valence-electron chi connectivity index (χ2n) is 5.48. The lowest BCUT2D eigenvalue weighted by atomic mass is 9.84. The van der Waals surface area contributed by atoms with Gasteiger partial charge in [0.15, 0.2) is 6.29 Å². The zero-order valence-electron chi connectivity index (χ0n) is 10.4. The molecule has 1 aliphatic heterocycles. The molecule has 17 heavy (non-hydrogen) atoms. The third kappa shape index (κ3) is 2.63. The summed E-state index contributed by atoms with van der Waals surface area (Å²) in [7, 11) is 0. The number of aldehydes is 1. The number of carbonyl (C=O) groups is 1. The molecule has 0 bridgehead atoms. The van der Waals surface area contributed by atoms with Gasteiger partial charge in [-0.25, -0.2) is 0 Å². The van der Waals surface area contributed by atoms with Crippen LogP contribution in [0.25, 0.3) is 0 Å². The van der Waals surface area contributed by atoms with Gasteiger partial charge in [-0.1, -0.05) is 31.5 Å². The molecule has 0 unspecified atom stereocenters. The van der Waals surface area contributed by atoms with Crippen molar-refractivity contribution < 1.29 is 4.79 Å². The van der Waals surface area contributed by atoms with Crippen molar-refractivity contribution in [2.45, 2.75) is 26.7 Å². The molecule has 0 saturated carbocycles. The van der Waals surface area contributed by atoms with E-state index in [2.05, 4.69) is 18.7 Å². The van der Waals surface area contributed by atoms with E-state index in [1.807, 2.05) is 18.2 Å². The minimum atomic E-state index is 0.289. The smallest absolute Gasteiger partial charge is 0.152 e. The summed E-state index contributed by atoms with van der Waals surface area (Å²) in [5.74, 6) is 0. The summed E-state index contributed by atoms with van der Waals surface area (Å²) in [6, 6.07) is 5.51. The molecule has 0 aromatic heterocycles. The van der Waals surface area contributed by atoms with Gasteiger partial charge in [0.05, 0.1) is 10.7 Å². The molecule has 1 heterocycles. The molecule has 0 spiro atoms. The Labute approximate surface area is 108 Å². The van der Waals surface area contributed by atoms with E-state index in [-0.39, 0.29) is 5.41 Å². The second-order valence-corrected chi connectivity index (χ2v) is 5.89. The van der Waals surface area contributed by atoms with E-state index in [0.717, 1.165) is 31.5 Å². The maximum Gasteiger partial charge on any atom is 0.152 e. The van der Waals surface area contributed by atoms with E-state index in [1.54, 1.807) is 0 Å². The Balaban J connectivity index is 2.36. The van der Waals surface area contributed by atoms with Gasteiger partial charge in [0.2, 0.25) is 0 Å². The van der Waals surface area contributed by atoms with Gasteiger partial charge >= 0.3 is 0 Å². The van der Waals surface area contributed by atoms with Crippen molar-refractivity contribution in [3.63, 3.8) is 0 Å². The average molecular weight is 252 g/mol. The van der Waals surface area contributed by atoms with E-state index in [0.29, 0.717) is 10.6 Å². The van der Waals surface area contributed by atoms with Crippen LogP contribution in [0.1, 0.15) is 37.0 Å². The van der Waals surface area contributed by atoms with Crippen LogP contribution in [0.2, 0.25) is 5.02 Å².